The smallest absolute Gasteiger partial charge is 0.253 e. The van der Waals surface area contributed by atoms with Crippen LogP contribution in [0.2, 0.25) is 5.02 Å². The second kappa shape index (κ2) is 9.69. The summed E-state index contributed by atoms with van der Waals surface area (Å²) in [5.74, 6) is 0.192. The molecule has 5 nitrogen and oxygen atoms in total. The van der Waals surface area contributed by atoms with Crippen molar-refractivity contribution in [2.45, 2.75) is 13.3 Å². The van der Waals surface area contributed by atoms with Gasteiger partial charge in [0.05, 0.1) is 23.7 Å². The fourth-order valence-corrected chi connectivity index (χ4v) is 2.38. The van der Waals surface area contributed by atoms with Crippen LogP contribution >= 0.6 is 11.6 Å². The van der Waals surface area contributed by atoms with Crippen LogP contribution in [-0.4, -0.2) is 31.5 Å². The molecule has 0 atom stereocenters. The number of rotatable bonds is 8. The minimum atomic E-state index is -0.372. The molecule has 0 saturated carbocycles. The molecule has 132 valence electrons. The highest BCUT2D eigenvalue weighted by atomic mass is 35.5. The van der Waals surface area contributed by atoms with Gasteiger partial charge in [-0.1, -0.05) is 35.9 Å². The van der Waals surface area contributed by atoms with E-state index in [1.807, 2.05) is 31.2 Å². The zero-order valence-corrected chi connectivity index (χ0v) is 14.8. The summed E-state index contributed by atoms with van der Waals surface area (Å²) in [6.07, 6.45) is 0.679. The number of hydrogen-bond donors (Lipinski definition) is 2. The van der Waals surface area contributed by atoms with E-state index < -0.39 is 0 Å². The lowest BCUT2D eigenvalue weighted by atomic mass is 10.2. The molecule has 2 aromatic rings. The molecule has 0 aromatic heterocycles. The van der Waals surface area contributed by atoms with Crippen LogP contribution in [0.15, 0.2) is 48.5 Å². The molecule has 0 bridgehead atoms. The van der Waals surface area contributed by atoms with Crippen molar-refractivity contribution in [1.29, 1.82) is 0 Å². The van der Waals surface area contributed by atoms with Gasteiger partial charge in [-0.05, 0) is 43.2 Å². The number of carbonyl (C=O) groups excluding carboxylic acids is 2. The molecule has 0 aliphatic rings. The lowest BCUT2D eigenvalue weighted by Gasteiger charge is -2.09. The fourth-order valence-electron chi connectivity index (χ4n) is 2.16. The molecule has 6 heteroatoms. The quantitative estimate of drug-likeness (QED) is 0.711. The standard InChI is InChI=1S/C19H21ClN2O3/c1-14-6-4-7-15(12-14)25-11-5-10-21-18(23)13-22-19(24)16-8-2-3-9-17(16)20/h2-4,6-9,12H,5,10-11,13H2,1H3,(H,21,23)(H,22,24). The number of aryl methyl sites for hydroxylation is 1. The van der Waals surface area contributed by atoms with Gasteiger partial charge in [-0.15, -0.1) is 0 Å². The minimum absolute atomic E-state index is 0.0945. The van der Waals surface area contributed by atoms with Gasteiger partial charge in [-0.25, -0.2) is 0 Å². The number of carbonyl (C=O) groups is 2. The molecule has 0 spiro atoms. The molecule has 2 rings (SSSR count). The average Bonchev–Trinajstić information content (AvgIpc) is 2.60. The Morgan fingerprint density at radius 1 is 1.08 bits per heavy atom. The van der Waals surface area contributed by atoms with Gasteiger partial charge in [-0.2, -0.15) is 0 Å². The Labute approximate surface area is 152 Å². The molecule has 25 heavy (non-hydrogen) atoms. The molecule has 0 heterocycles. The maximum atomic E-state index is 11.9. The van der Waals surface area contributed by atoms with Gasteiger partial charge in [0, 0.05) is 6.54 Å². The first kappa shape index (κ1) is 18.8. The Balaban J connectivity index is 1.61. The van der Waals surface area contributed by atoms with Gasteiger partial charge in [0.25, 0.3) is 5.91 Å². The van der Waals surface area contributed by atoms with E-state index in [0.29, 0.717) is 30.2 Å². The van der Waals surface area contributed by atoms with Crippen LogP contribution < -0.4 is 15.4 Å². The normalized spacial score (nSPS) is 10.2. The molecular weight excluding hydrogens is 340 g/mol. The van der Waals surface area contributed by atoms with Crippen molar-refractivity contribution in [2.75, 3.05) is 19.7 Å². The van der Waals surface area contributed by atoms with E-state index in [2.05, 4.69) is 10.6 Å². The van der Waals surface area contributed by atoms with Crippen molar-refractivity contribution in [3.05, 3.63) is 64.7 Å². The summed E-state index contributed by atoms with van der Waals surface area (Å²) in [5.41, 5.74) is 1.49. The van der Waals surface area contributed by atoms with Crippen LogP contribution in [0, 0.1) is 6.92 Å². The molecule has 0 saturated heterocycles. The van der Waals surface area contributed by atoms with Gasteiger partial charge < -0.3 is 15.4 Å². The van der Waals surface area contributed by atoms with E-state index in [9.17, 15) is 9.59 Å². The van der Waals surface area contributed by atoms with Crippen molar-refractivity contribution in [3.8, 4) is 5.75 Å². The molecule has 0 aliphatic heterocycles. The summed E-state index contributed by atoms with van der Waals surface area (Å²) < 4.78 is 5.60. The van der Waals surface area contributed by atoms with E-state index in [1.165, 1.54) is 0 Å². The molecule has 0 aliphatic carbocycles. The summed E-state index contributed by atoms with van der Waals surface area (Å²) in [6.45, 7) is 2.90. The first-order valence-corrected chi connectivity index (χ1v) is 8.43. The van der Waals surface area contributed by atoms with Crippen molar-refractivity contribution < 1.29 is 14.3 Å². The van der Waals surface area contributed by atoms with Gasteiger partial charge in [0.1, 0.15) is 5.75 Å². The highest BCUT2D eigenvalue weighted by Gasteiger charge is 2.10. The zero-order valence-electron chi connectivity index (χ0n) is 14.0. The van der Waals surface area contributed by atoms with Gasteiger partial charge in [0.2, 0.25) is 5.91 Å². The predicted octanol–water partition coefficient (Wildman–Crippen LogP) is 2.96. The molecule has 0 unspecified atom stereocenters. The Morgan fingerprint density at radius 3 is 2.64 bits per heavy atom. The lowest BCUT2D eigenvalue weighted by Crippen LogP contribution is -2.37. The Morgan fingerprint density at radius 2 is 1.88 bits per heavy atom. The van der Waals surface area contributed by atoms with E-state index >= 15 is 0 Å². The molecule has 0 radical (unpaired) electrons. The van der Waals surface area contributed by atoms with Gasteiger partial charge in [-0.3, -0.25) is 9.59 Å². The Bertz CT molecular complexity index is 734. The first-order valence-electron chi connectivity index (χ1n) is 8.05. The van der Waals surface area contributed by atoms with Crippen LogP contribution in [0.3, 0.4) is 0 Å². The second-order valence-corrected chi connectivity index (χ2v) is 5.94. The van der Waals surface area contributed by atoms with Gasteiger partial charge in [0.15, 0.2) is 0 Å². The largest absolute Gasteiger partial charge is 0.494 e. The number of ether oxygens (including phenoxy) is 1. The summed E-state index contributed by atoms with van der Waals surface area (Å²) >= 11 is 5.94. The Hall–Kier alpha value is -2.53. The minimum Gasteiger partial charge on any atom is -0.494 e. The lowest BCUT2D eigenvalue weighted by molar-refractivity contribution is -0.120. The van der Waals surface area contributed by atoms with Crippen LogP contribution in [0.25, 0.3) is 0 Å². The van der Waals surface area contributed by atoms with E-state index in [-0.39, 0.29) is 18.4 Å². The number of amides is 2. The predicted molar refractivity (Wildman–Crippen MR) is 98.1 cm³/mol. The molecule has 0 fully saturated rings. The average molecular weight is 361 g/mol. The molecular formula is C19H21ClN2O3. The second-order valence-electron chi connectivity index (χ2n) is 5.53. The van der Waals surface area contributed by atoms with Crippen LogP contribution in [0.1, 0.15) is 22.3 Å². The number of benzene rings is 2. The monoisotopic (exact) mass is 360 g/mol. The fraction of sp³-hybridized carbons (Fsp3) is 0.263. The highest BCUT2D eigenvalue weighted by molar-refractivity contribution is 6.33. The first-order chi connectivity index (χ1) is 12.1. The SMILES string of the molecule is Cc1cccc(OCCCNC(=O)CNC(=O)c2ccccc2Cl)c1. The highest BCUT2D eigenvalue weighted by Crippen LogP contribution is 2.14. The van der Waals surface area contributed by atoms with E-state index in [1.54, 1.807) is 24.3 Å². The van der Waals surface area contributed by atoms with Crippen LogP contribution in [-0.2, 0) is 4.79 Å². The number of nitrogens with one attached hydrogen (secondary N) is 2. The number of halogens is 1. The van der Waals surface area contributed by atoms with Crippen LogP contribution in [0.5, 0.6) is 5.75 Å². The van der Waals surface area contributed by atoms with Crippen molar-refractivity contribution in [1.82, 2.24) is 10.6 Å². The van der Waals surface area contributed by atoms with Crippen LogP contribution in [0.4, 0.5) is 0 Å². The molecule has 2 N–H and O–H groups in total. The molecule has 2 aromatic carbocycles. The third kappa shape index (κ3) is 6.47. The third-order valence-electron chi connectivity index (χ3n) is 3.43. The summed E-state index contributed by atoms with van der Waals surface area (Å²) in [6, 6.07) is 14.5. The summed E-state index contributed by atoms with van der Waals surface area (Å²) in [5, 5.41) is 5.64. The maximum Gasteiger partial charge on any atom is 0.253 e. The molecule has 2 amide bonds. The van der Waals surface area contributed by atoms with E-state index in [4.69, 9.17) is 16.3 Å². The van der Waals surface area contributed by atoms with Crippen molar-refractivity contribution >= 4 is 23.4 Å². The summed E-state index contributed by atoms with van der Waals surface area (Å²) in [7, 11) is 0. The van der Waals surface area contributed by atoms with E-state index in [0.717, 1.165) is 11.3 Å². The topological polar surface area (TPSA) is 67.4 Å². The summed E-state index contributed by atoms with van der Waals surface area (Å²) in [4.78, 5) is 23.7. The third-order valence-corrected chi connectivity index (χ3v) is 3.76. The van der Waals surface area contributed by atoms with Crippen molar-refractivity contribution in [3.63, 3.8) is 0 Å². The Kier molecular flexibility index (Phi) is 7.29. The number of hydrogen-bond acceptors (Lipinski definition) is 3. The zero-order chi connectivity index (χ0) is 18.1. The maximum absolute atomic E-state index is 11.9. The van der Waals surface area contributed by atoms with Crippen molar-refractivity contribution in [2.24, 2.45) is 0 Å². The van der Waals surface area contributed by atoms with Gasteiger partial charge >= 0.3 is 0 Å².